The normalized spacial score (nSPS) is 14.4. The van der Waals surface area contributed by atoms with Gasteiger partial charge in [0.25, 0.3) is 0 Å². The molecule has 0 fully saturated rings. The quantitative estimate of drug-likeness (QED) is 0.612. The minimum Gasteiger partial charge on any atom is -0.289 e. The number of hydrogen-bond acceptors (Lipinski definition) is 3. The van der Waals surface area contributed by atoms with Crippen molar-refractivity contribution in [3.63, 3.8) is 0 Å². The third kappa shape index (κ3) is 1.05. The van der Waals surface area contributed by atoms with Crippen LogP contribution in [0.25, 0.3) is 0 Å². The fraction of sp³-hybridized carbons (Fsp3) is 0. The van der Waals surface area contributed by atoms with Gasteiger partial charge in [-0.05, 0) is 0 Å². The number of carbonyl (C=O) groups is 2. The summed E-state index contributed by atoms with van der Waals surface area (Å²) >= 11 is 0. The van der Waals surface area contributed by atoms with Crippen LogP contribution in [0.4, 0.5) is 0 Å². The van der Waals surface area contributed by atoms with Crippen LogP contribution in [0.3, 0.4) is 0 Å². The number of Topliss-reactive ketones (excluding diaryl/α,β-unsaturated/α-hetero) is 1. The molecule has 1 aliphatic rings. The predicted molar refractivity (Wildman–Crippen MR) is 48.8 cm³/mol. The SMILES string of the molecule is N#CC1=CC(=O)c2ccccc2C1=O. The van der Waals surface area contributed by atoms with Crippen molar-refractivity contribution in [3.8, 4) is 6.07 Å². The van der Waals surface area contributed by atoms with Crippen LogP contribution in [0.15, 0.2) is 35.9 Å². The molecule has 0 amide bonds. The van der Waals surface area contributed by atoms with Crippen molar-refractivity contribution < 1.29 is 9.59 Å². The van der Waals surface area contributed by atoms with Crippen LogP contribution in [0, 0.1) is 11.3 Å². The summed E-state index contributed by atoms with van der Waals surface area (Å²) in [5.74, 6) is -0.653. The molecule has 0 radical (unpaired) electrons. The summed E-state index contributed by atoms with van der Waals surface area (Å²) in [7, 11) is 0. The van der Waals surface area contributed by atoms with Gasteiger partial charge in [-0.3, -0.25) is 9.59 Å². The van der Waals surface area contributed by atoms with E-state index in [9.17, 15) is 9.59 Å². The molecule has 0 spiro atoms. The summed E-state index contributed by atoms with van der Waals surface area (Å²) in [4.78, 5) is 23.0. The van der Waals surface area contributed by atoms with Gasteiger partial charge in [-0.15, -0.1) is 0 Å². The van der Waals surface area contributed by atoms with Crippen LogP contribution < -0.4 is 0 Å². The van der Waals surface area contributed by atoms with Gasteiger partial charge in [-0.2, -0.15) is 5.26 Å². The van der Waals surface area contributed by atoms with Gasteiger partial charge in [0.2, 0.25) is 5.78 Å². The lowest BCUT2D eigenvalue weighted by Gasteiger charge is -2.09. The van der Waals surface area contributed by atoms with Crippen LogP contribution in [0.5, 0.6) is 0 Å². The van der Waals surface area contributed by atoms with Crippen LogP contribution in [-0.4, -0.2) is 11.6 Å². The summed E-state index contributed by atoms with van der Waals surface area (Å²) in [6.07, 6.45) is 1.09. The zero-order valence-corrected chi connectivity index (χ0v) is 7.15. The Morgan fingerprint density at radius 1 is 1.07 bits per heavy atom. The highest BCUT2D eigenvalue weighted by Gasteiger charge is 2.24. The molecule has 0 unspecified atom stereocenters. The fourth-order valence-electron chi connectivity index (χ4n) is 1.40. The second-order valence-electron chi connectivity index (χ2n) is 2.91. The first-order valence-corrected chi connectivity index (χ1v) is 4.04. The van der Waals surface area contributed by atoms with E-state index in [1.165, 1.54) is 0 Å². The van der Waals surface area contributed by atoms with Crippen molar-refractivity contribution in [1.82, 2.24) is 0 Å². The van der Waals surface area contributed by atoms with Crippen LogP contribution in [0.1, 0.15) is 20.7 Å². The Bertz CT molecular complexity index is 506. The predicted octanol–water partition coefficient (Wildman–Crippen LogP) is 1.52. The molecule has 66 valence electrons. The van der Waals surface area contributed by atoms with Crippen LogP contribution in [0.2, 0.25) is 0 Å². The molecule has 1 aliphatic carbocycles. The minimum absolute atomic E-state index is 0.0892. The van der Waals surface area contributed by atoms with E-state index in [0.29, 0.717) is 11.1 Å². The standard InChI is InChI=1S/C11H5NO2/c12-6-7-5-10(13)8-3-1-2-4-9(8)11(7)14/h1-5H. The average Bonchev–Trinajstić information content (AvgIpc) is 2.23. The Kier molecular flexibility index (Phi) is 1.76. The second kappa shape index (κ2) is 2.93. The molecule has 0 aromatic heterocycles. The van der Waals surface area contributed by atoms with Crippen LogP contribution >= 0.6 is 0 Å². The summed E-state index contributed by atoms with van der Waals surface area (Å²) < 4.78 is 0. The number of ketones is 2. The third-order valence-electron chi connectivity index (χ3n) is 2.08. The van der Waals surface area contributed by atoms with Gasteiger partial charge in [-0.25, -0.2) is 0 Å². The van der Waals surface area contributed by atoms with Crippen molar-refractivity contribution >= 4 is 11.6 Å². The monoisotopic (exact) mass is 183 g/mol. The van der Waals surface area contributed by atoms with E-state index in [1.54, 1.807) is 30.3 Å². The zero-order chi connectivity index (χ0) is 10.1. The number of nitrogens with zero attached hydrogens (tertiary/aromatic N) is 1. The highest BCUT2D eigenvalue weighted by molar-refractivity contribution is 6.25. The molecule has 3 nitrogen and oxygen atoms in total. The average molecular weight is 183 g/mol. The van der Waals surface area contributed by atoms with Gasteiger partial charge in [-0.1, -0.05) is 24.3 Å². The summed E-state index contributed by atoms with van der Waals surface area (Å²) in [6.45, 7) is 0. The van der Waals surface area contributed by atoms with Gasteiger partial charge in [0.15, 0.2) is 5.78 Å². The van der Waals surface area contributed by atoms with E-state index >= 15 is 0 Å². The Balaban J connectivity index is 2.68. The molecular weight excluding hydrogens is 178 g/mol. The number of nitriles is 1. The molecular formula is C11H5NO2. The minimum atomic E-state index is -0.372. The number of carbonyl (C=O) groups excluding carboxylic acids is 2. The fourth-order valence-corrected chi connectivity index (χ4v) is 1.40. The Morgan fingerprint density at radius 3 is 2.36 bits per heavy atom. The first kappa shape index (κ1) is 8.39. The molecule has 1 aromatic carbocycles. The molecule has 0 aliphatic heterocycles. The second-order valence-corrected chi connectivity index (χ2v) is 2.91. The maximum Gasteiger partial charge on any atom is 0.204 e. The van der Waals surface area contributed by atoms with E-state index in [-0.39, 0.29) is 17.1 Å². The number of hydrogen-bond donors (Lipinski definition) is 0. The first-order valence-electron chi connectivity index (χ1n) is 4.04. The number of benzene rings is 1. The van der Waals surface area contributed by atoms with Gasteiger partial charge < -0.3 is 0 Å². The highest BCUT2D eigenvalue weighted by Crippen LogP contribution is 2.20. The Morgan fingerprint density at radius 2 is 1.71 bits per heavy atom. The third-order valence-corrected chi connectivity index (χ3v) is 2.08. The van der Waals surface area contributed by atoms with Gasteiger partial charge in [0.05, 0.1) is 0 Å². The van der Waals surface area contributed by atoms with Crippen molar-refractivity contribution in [2.24, 2.45) is 0 Å². The molecule has 0 saturated carbocycles. The van der Waals surface area contributed by atoms with Crippen molar-refractivity contribution in [2.45, 2.75) is 0 Å². The van der Waals surface area contributed by atoms with E-state index in [2.05, 4.69) is 0 Å². The van der Waals surface area contributed by atoms with Gasteiger partial charge in [0, 0.05) is 17.2 Å². The smallest absolute Gasteiger partial charge is 0.204 e. The molecule has 0 atom stereocenters. The van der Waals surface area contributed by atoms with Gasteiger partial charge >= 0.3 is 0 Å². The lowest BCUT2D eigenvalue weighted by Crippen LogP contribution is -2.15. The number of fused-ring (bicyclic) bond motifs is 1. The maximum absolute atomic E-state index is 11.6. The molecule has 1 aromatic rings. The molecule has 14 heavy (non-hydrogen) atoms. The molecule has 0 saturated heterocycles. The van der Waals surface area contributed by atoms with Crippen molar-refractivity contribution in [2.75, 3.05) is 0 Å². The molecule has 0 heterocycles. The van der Waals surface area contributed by atoms with E-state index in [0.717, 1.165) is 6.08 Å². The zero-order valence-electron chi connectivity index (χ0n) is 7.15. The Labute approximate surface area is 80.3 Å². The topological polar surface area (TPSA) is 57.9 Å². The number of rotatable bonds is 0. The first-order chi connectivity index (χ1) is 6.74. The van der Waals surface area contributed by atoms with Gasteiger partial charge in [0.1, 0.15) is 11.6 Å². The molecule has 3 heteroatoms. The summed E-state index contributed by atoms with van der Waals surface area (Å²) in [5.41, 5.74) is 0.599. The molecule has 2 rings (SSSR count). The van der Waals surface area contributed by atoms with Crippen molar-refractivity contribution in [3.05, 3.63) is 47.0 Å². The van der Waals surface area contributed by atoms with E-state index < -0.39 is 0 Å². The van der Waals surface area contributed by atoms with Crippen molar-refractivity contribution in [1.29, 1.82) is 5.26 Å². The Hall–Kier alpha value is -2.21. The summed E-state index contributed by atoms with van der Waals surface area (Å²) in [5, 5.41) is 8.61. The summed E-state index contributed by atoms with van der Waals surface area (Å²) in [6, 6.07) is 8.22. The van der Waals surface area contributed by atoms with E-state index in [1.807, 2.05) is 0 Å². The molecule has 0 N–H and O–H groups in total. The maximum atomic E-state index is 11.6. The lowest BCUT2D eigenvalue weighted by molar-refractivity contribution is 0.0988. The number of allylic oxidation sites excluding steroid dienone is 2. The highest BCUT2D eigenvalue weighted by atomic mass is 16.1. The molecule has 0 bridgehead atoms. The lowest BCUT2D eigenvalue weighted by atomic mass is 9.90. The van der Waals surface area contributed by atoms with E-state index in [4.69, 9.17) is 5.26 Å². The van der Waals surface area contributed by atoms with Crippen LogP contribution in [-0.2, 0) is 0 Å². The largest absolute Gasteiger partial charge is 0.289 e.